The summed E-state index contributed by atoms with van der Waals surface area (Å²) in [5.41, 5.74) is 1.86. The van der Waals surface area contributed by atoms with Crippen LogP contribution in [0.5, 0.6) is 0 Å². The first-order valence-corrected chi connectivity index (χ1v) is 11.2. The van der Waals surface area contributed by atoms with E-state index < -0.39 is 0 Å². The maximum atomic E-state index is 6.15. The molecule has 0 saturated carbocycles. The Labute approximate surface area is 177 Å². The number of benzene rings is 1. The van der Waals surface area contributed by atoms with Gasteiger partial charge in [0.05, 0.1) is 6.10 Å². The number of nitrogens with zero attached hydrogens (tertiary/aromatic N) is 3. The van der Waals surface area contributed by atoms with Crippen molar-refractivity contribution in [2.45, 2.75) is 65.1 Å². The number of piperidine rings is 1. The van der Waals surface area contributed by atoms with Crippen LogP contribution in [0.15, 0.2) is 35.3 Å². The number of nitrogens with one attached hydrogen (secondary N) is 1. The maximum absolute atomic E-state index is 6.15. The van der Waals surface area contributed by atoms with E-state index in [1.165, 1.54) is 5.56 Å². The van der Waals surface area contributed by atoms with Crippen molar-refractivity contribution < 1.29 is 4.74 Å². The Balaban J connectivity index is 1.29. The highest BCUT2D eigenvalue weighted by molar-refractivity contribution is 5.81. The maximum Gasteiger partial charge on any atom is 0.194 e. The molecule has 2 saturated heterocycles. The molecule has 3 rings (SSSR count). The van der Waals surface area contributed by atoms with Gasteiger partial charge in [0.15, 0.2) is 5.96 Å². The van der Waals surface area contributed by atoms with E-state index in [1.807, 2.05) is 7.05 Å². The summed E-state index contributed by atoms with van der Waals surface area (Å²) >= 11 is 0. The number of hydrogen-bond acceptors (Lipinski definition) is 3. The Morgan fingerprint density at radius 1 is 1.14 bits per heavy atom. The van der Waals surface area contributed by atoms with Crippen LogP contribution in [-0.2, 0) is 11.3 Å². The van der Waals surface area contributed by atoms with Gasteiger partial charge < -0.3 is 15.0 Å². The zero-order valence-corrected chi connectivity index (χ0v) is 19.1. The molecule has 0 unspecified atom stereocenters. The van der Waals surface area contributed by atoms with Gasteiger partial charge in [0.2, 0.25) is 0 Å². The molecule has 1 aromatic rings. The number of aliphatic imine (C=N–C) groups is 1. The molecule has 0 bridgehead atoms. The molecular formula is C24H40N4O. The molecular weight excluding hydrogens is 360 g/mol. The van der Waals surface area contributed by atoms with E-state index in [0.717, 1.165) is 64.6 Å². The third-order valence-corrected chi connectivity index (χ3v) is 7.09. The lowest BCUT2D eigenvalue weighted by atomic mass is 9.65. The van der Waals surface area contributed by atoms with Crippen LogP contribution in [0, 0.1) is 5.41 Å². The van der Waals surface area contributed by atoms with E-state index in [2.05, 4.69) is 78.1 Å². The molecule has 0 radical (unpaired) electrons. The van der Waals surface area contributed by atoms with Crippen LogP contribution in [-0.4, -0.2) is 67.2 Å². The zero-order chi connectivity index (χ0) is 20.9. The van der Waals surface area contributed by atoms with E-state index in [4.69, 9.17) is 4.74 Å². The highest BCUT2D eigenvalue weighted by Gasteiger charge is 2.53. The minimum absolute atomic E-state index is 0.138. The Morgan fingerprint density at radius 2 is 1.83 bits per heavy atom. The monoisotopic (exact) mass is 400 g/mol. The molecule has 0 spiro atoms. The van der Waals surface area contributed by atoms with E-state index >= 15 is 0 Å². The SMILES string of the molecule is CN=C(NCCCOC1CCN(Cc2ccccc2)CC1)N1CC(C)(C)C1(C)C. The molecule has 2 heterocycles. The van der Waals surface area contributed by atoms with Gasteiger partial charge in [0.25, 0.3) is 0 Å². The van der Waals surface area contributed by atoms with Crippen LogP contribution in [0.4, 0.5) is 0 Å². The first-order valence-electron chi connectivity index (χ1n) is 11.2. The van der Waals surface area contributed by atoms with Crippen LogP contribution in [0.25, 0.3) is 0 Å². The van der Waals surface area contributed by atoms with E-state index in [-0.39, 0.29) is 5.54 Å². The lowest BCUT2D eigenvalue weighted by Crippen LogP contribution is -2.72. The van der Waals surface area contributed by atoms with Crippen LogP contribution in [0.1, 0.15) is 52.5 Å². The average Bonchev–Trinajstić information content (AvgIpc) is 2.71. The van der Waals surface area contributed by atoms with Gasteiger partial charge in [0, 0.05) is 57.3 Å². The van der Waals surface area contributed by atoms with Gasteiger partial charge in [-0.3, -0.25) is 9.89 Å². The number of ether oxygens (including phenoxy) is 1. The van der Waals surface area contributed by atoms with Gasteiger partial charge in [-0.2, -0.15) is 0 Å². The summed E-state index contributed by atoms with van der Waals surface area (Å²) in [7, 11) is 1.88. The van der Waals surface area contributed by atoms with E-state index in [0.29, 0.717) is 11.5 Å². The van der Waals surface area contributed by atoms with Gasteiger partial charge in [-0.15, -0.1) is 0 Å². The zero-order valence-electron chi connectivity index (χ0n) is 19.1. The first-order chi connectivity index (χ1) is 13.8. The van der Waals surface area contributed by atoms with Crippen molar-refractivity contribution in [3.8, 4) is 0 Å². The van der Waals surface area contributed by atoms with Crippen molar-refractivity contribution in [3.63, 3.8) is 0 Å². The minimum atomic E-state index is 0.138. The summed E-state index contributed by atoms with van der Waals surface area (Å²) in [4.78, 5) is 9.41. The molecule has 1 aromatic carbocycles. The van der Waals surface area contributed by atoms with Crippen molar-refractivity contribution in [1.29, 1.82) is 0 Å². The van der Waals surface area contributed by atoms with Gasteiger partial charge in [-0.25, -0.2) is 0 Å². The second-order valence-electron chi connectivity index (χ2n) is 9.69. The van der Waals surface area contributed by atoms with Gasteiger partial charge in [0.1, 0.15) is 0 Å². The molecule has 0 aromatic heterocycles. The van der Waals surface area contributed by atoms with Crippen LogP contribution in [0.3, 0.4) is 0 Å². The van der Waals surface area contributed by atoms with E-state index in [1.54, 1.807) is 0 Å². The first kappa shape index (κ1) is 22.1. The fraction of sp³-hybridized carbons (Fsp3) is 0.708. The molecule has 0 atom stereocenters. The molecule has 2 aliphatic rings. The predicted molar refractivity (Wildman–Crippen MR) is 121 cm³/mol. The molecule has 0 amide bonds. The number of rotatable bonds is 7. The third kappa shape index (κ3) is 5.32. The summed E-state index contributed by atoms with van der Waals surface area (Å²) in [5.74, 6) is 1.02. The number of guanidine groups is 1. The molecule has 0 aliphatic carbocycles. The van der Waals surface area contributed by atoms with Gasteiger partial charge >= 0.3 is 0 Å². The normalized spacial score (nSPS) is 22.4. The van der Waals surface area contributed by atoms with Crippen LogP contribution >= 0.6 is 0 Å². The van der Waals surface area contributed by atoms with Crippen molar-refractivity contribution >= 4 is 5.96 Å². The quantitative estimate of drug-likeness (QED) is 0.430. The molecule has 5 nitrogen and oxygen atoms in total. The second-order valence-corrected chi connectivity index (χ2v) is 9.69. The van der Waals surface area contributed by atoms with Crippen molar-refractivity contribution in [2.24, 2.45) is 10.4 Å². The fourth-order valence-electron chi connectivity index (χ4n) is 4.29. The van der Waals surface area contributed by atoms with E-state index in [9.17, 15) is 0 Å². The summed E-state index contributed by atoms with van der Waals surface area (Å²) < 4.78 is 6.15. The highest BCUT2D eigenvalue weighted by Crippen LogP contribution is 2.46. The van der Waals surface area contributed by atoms with Gasteiger partial charge in [-0.05, 0) is 38.7 Å². The fourth-order valence-corrected chi connectivity index (χ4v) is 4.29. The molecule has 162 valence electrons. The largest absolute Gasteiger partial charge is 0.378 e. The lowest BCUT2D eigenvalue weighted by Gasteiger charge is -2.62. The summed E-state index contributed by atoms with van der Waals surface area (Å²) in [6, 6.07) is 10.8. The molecule has 1 N–H and O–H groups in total. The standard InChI is InChI=1S/C24H40N4O/c1-23(2)19-28(24(23,3)4)22(25-5)26-14-9-17-29-21-12-15-27(16-13-21)18-20-10-7-6-8-11-20/h6-8,10-11,21H,9,12-19H2,1-5H3,(H,25,26). The van der Waals surface area contributed by atoms with Crippen molar-refractivity contribution in [3.05, 3.63) is 35.9 Å². The highest BCUT2D eigenvalue weighted by atomic mass is 16.5. The van der Waals surface area contributed by atoms with Crippen LogP contribution in [0.2, 0.25) is 0 Å². The predicted octanol–water partition coefficient (Wildman–Crippen LogP) is 3.75. The van der Waals surface area contributed by atoms with Gasteiger partial charge in [-0.1, -0.05) is 44.2 Å². The molecule has 2 aliphatic heterocycles. The summed E-state index contributed by atoms with van der Waals surface area (Å²) in [6.45, 7) is 15.4. The molecule has 2 fully saturated rings. The lowest BCUT2D eigenvalue weighted by molar-refractivity contribution is -0.0668. The smallest absolute Gasteiger partial charge is 0.194 e. The summed E-state index contributed by atoms with van der Waals surface area (Å²) in [6.07, 6.45) is 3.70. The number of hydrogen-bond donors (Lipinski definition) is 1. The molecule has 29 heavy (non-hydrogen) atoms. The topological polar surface area (TPSA) is 40.1 Å². The minimum Gasteiger partial charge on any atom is -0.378 e. The Hall–Kier alpha value is -1.59. The van der Waals surface area contributed by atoms with Crippen molar-refractivity contribution in [2.75, 3.05) is 39.8 Å². The van der Waals surface area contributed by atoms with Crippen molar-refractivity contribution in [1.82, 2.24) is 15.1 Å². The van der Waals surface area contributed by atoms with Crippen LogP contribution < -0.4 is 5.32 Å². The Morgan fingerprint density at radius 3 is 2.41 bits per heavy atom. The summed E-state index contributed by atoms with van der Waals surface area (Å²) in [5, 5.41) is 3.52. The second kappa shape index (κ2) is 9.48. The molecule has 5 heteroatoms. The Bertz CT molecular complexity index is 663. The Kier molecular flexibility index (Phi) is 7.23. The number of likely N-dealkylation sites (tertiary alicyclic amines) is 2. The third-order valence-electron chi connectivity index (χ3n) is 7.09. The average molecular weight is 401 g/mol.